The molecule has 2 aromatic heterocycles. The molecular weight excluding hydrogens is 176 g/mol. The molecule has 0 saturated heterocycles. The van der Waals surface area contributed by atoms with E-state index in [1.807, 2.05) is 18.7 Å². The zero-order valence-electron chi connectivity index (χ0n) is 8.70. The van der Waals surface area contributed by atoms with E-state index in [1.54, 1.807) is 0 Å². The van der Waals surface area contributed by atoms with Crippen LogP contribution in [0.2, 0.25) is 0 Å². The van der Waals surface area contributed by atoms with Gasteiger partial charge in [0.05, 0.1) is 5.52 Å². The van der Waals surface area contributed by atoms with Gasteiger partial charge in [0.15, 0.2) is 0 Å². The topological polar surface area (TPSA) is 56.7 Å². The van der Waals surface area contributed by atoms with Crippen molar-refractivity contribution in [3.63, 3.8) is 0 Å². The Morgan fingerprint density at radius 3 is 2.79 bits per heavy atom. The number of nitrogens with zero attached hydrogens (tertiary/aromatic N) is 3. The van der Waals surface area contributed by atoms with Crippen LogP contribution in [-0.4, -0.2) is 14.8 Å². The average molecular weight is 190 g/mol. The van der Waals surface area contributed by atoms with Gasteiger partial charge in [-0.15, -0.1) is 0 Å². The third kappa shape index (κ3) is 1.19. The van der Waals surface area contributed by atoms with Gasteiger partial charge in [-0.05, 0) is 25.5 Å². The second-order valence-corrected chi connectivity index (χ2v) is 3.55. The Morgan fingerprint density at radius 2 is 2.14 bits per heavy atom. The molecule has 0 fully saturated rings. The summed E-state index contributed by atoms with van der Waals surface area (Å²) in [6, 6.07) is 2.06. The van der Waals surface area contributed by atoms with Crippen LogP contribution in [0.5, 0.6) is 0 Å². The summed E-state index contributed by atoms with van der Waals surface area (Å²) in [7, 11) is 1.92. The molecule has 14 heavy (non-hydrogen) atoms. The van der Waals surface area contributed by atoms with E-state index in [0.29, 0.717) is 6.54 Å². The number of rotatable bonds is 1. The monoisotopic (exact) mass is 190 g/mol. The molecule has 0 amide bonds. The molecule has 0 bridgehead atoms. The molecule has 2 heterocycles. The summed E-state index contributed by atoms with van der Waals surface area (Å²) in [6.07, 6.45) is 0. The van der Waals surface area contributed by atoms with Gasteiger partial charge in [-0.1, -0.05) is 0 Å². The summed E-state index contributed by atoms with van der Waals surface area (Å²) in [4.78, 5) is 4.46. The molecule has 0 aliphatic rings. The molecule has 0 unspecified atom stereocenters. The Bertz CT molecular complexity index is 484. The van der Waals surface area contributed by atoms with E-state index < -0.39 is 0 Å². The van der Waals surface area contributed by atoms with E-state index >= 15 is 0 Å². The normalized spacial score (nSPS) is 11.1. The number of hydrogen-bond donors (Lipinski definition) is 1. The third-order valence-corrected chi connectivity index (χ3v) is 2.37. The number of aromatic nitrogens is 3. The molecule has 0 spiro atoms. The molecule has 2 N–H and O–H groups in total. The van der Waals surface area contributed by atoms with E-state index in [0.717, 1.165) is 22.4 Å². The van der Waals surface area contributed by atoms with Crippen LogP contribution in [0, 0.1) is 13.8 Å². The van der Waals surface area contributed by atoms with E-state index in [9.17, 15) is 0 Å². The highest BCUT2D eigenvalue weighted by atomic mass is 15.3. The molecule has 0 aromatic carbocycles. The highest BCUT2D eigenvalue weighted by molar-refractivity contribution is 5.81. The molecule has 0 aliphatic heterocycles. The molecule has 0 saturated carbocycles. The van der Waals surface area contributed by atoms with Crippen molar-refractivity contribution in [3.8, 4) is 0 Å². The minimum absolute atomic E-state index is 0.438. The first kappa shape index (κ1) is 9.15. The van der Waals surface area contributed by atoms with Crippen molar-refractivity contribution < 1.29 is 0 Å². The largest absolute Gasteiger partial charge is 0.325 e. The zero-order chi connectivity index (χ0) is 10.3. The SMILES string of the molecule is Cc1cc(C)c2c(n1)c(CN)nn2C. The molecule has 0 atom stereocenters. The Hall–Kier alpha value is -1.42. The van der Waals surface area contributed by atoms with Crippen LogP contribution in [0.3, 0.4) is 0 Å². The average Bonchev–Trinajstić information content (AvgIpc) is 2.42. The first-order valence-electron chi connectivity index (χ1n) is 4.63. The van der Waals surface area contributed by atoms with Crippen molar-refractivity contribution in [2.24, 2.45) is 12.8 Å². The van der Waals surface area contributed by atoms with Gasteiger partial charge in [0.2, 0.25) is 0 Å². The summed E-state index contributed by atoms with van der Waals surface area (Å²) < 4.78 is 1.85. The predicted octanol–water partition coefficient (Wildman–Crippen LogP) is 1.04. The van der Waals surface area contributed by atoms with Crippen LogP contribution in [0.25, 0.3) is 11.0 Å². The minimum Gasteiger partial charge on any atom is -0.325 e. The lowest BCUT2D eigenvalue weighted by atomic mass is 10.2. The van der Waals surface area contributed by atoms with E-state index in [2.05, 4.69) is 23.1 Å². The van der Waals surface area contributed by atoms with Crippen LogP contribution in [0.4, 0.5) is 0 Å². The van der Waals surface area contributed by atoms with Crippen LogP contribution in [0.15, 0.2) is 6.07 Å². The summed E-state index contributed by atoms with van der Waals surface area (Å²) in [6.45, 7) is 4.49. The molecule has 74 valence electrons. The fraction of sp³-hybridized carbons (Fsp3) is 0.400. The second-order valence-electron chi connectivity index (χ2n) is 3.55. The van der Waals surface area contributed by atoms with Crippen LogP contribution in [-0.2, 0) is 13.6 Å². The highest BCUT2D eigenvalue weighted by Gasteiger charge is 2.10. The van der Waals surface area contributed by atoms with Crippen molar-refractivity contribution >= 4 is 11.0 Å². The quantitative estimate of drug-likeness (QED) is 0.731. The van der Waals surface area contributed by atoms with E-state index in [4.69, 9.17) is 5.73 Å². The number of aryl methyl sites for hydroxylation is 3. The summed E-state index contributed by atoms with van der Waals surface area (Å²) >= 11 is 0. The van der Waals surface area contributed by atoms with Gasteiger partial charge in [0.25, 0.3) is 0 Å². The molecule has 0 radical (unpaired) electrons. The predicted molar refractivity (Wildman–Crippen MR) is 55.9 cm³/mol. The summed E-state index contributed by atoms with van der Waals surface area (Å²) in [5, 5.41) is 4.34. The summed E-state index contributed by atoms with van der Waals surface area (Å²) in [5.41, 5.74) is 10.7. The van der Waals surface area contributed by atoms with Gasteiger partial charge in [-0.2, -0.15) is 5.10 Å². The standard InChI is InChI=1S/C10H14N4/c1-6-4-7(2)12-9-8(5-11)13-14(3)10(6)9/h4H,5,11H2,1-3H3. The molecule has 4 heteroatoms. The molecule has 2 aromatic rings. The van der Waals surface area contributed by atoms with Crippen molar-refractivity contribution in [2.45, 2.75) is 20.4 Å². The van der Waals surface area contributed by atoms with Crippen molar-refractivity contribution in [1.29, 1.82) is 0 Å². The zero-order valence-corrected chi connectivity index (χ0v) is 8.70. The van der Waals surface area contributed by atoms with E-state index in [1.165, 1.54) is 5.56 Å². The van der Waals surface area contributed by atoms with Crippen LogP contribution < -0.4 is 5.73 Å². The molecule has 4 nitrogen and oxygen atoms in total. The van der Waals surface area contributed by atoms with Crippen molar-refractivity contribution in [3.05, 3.63) is 23.0 Å². The van der Waals surface area contributed by atoms with Crippen molar-refractivity contribution in [1.82, 2.24) is 14.8 Å². The Balaban J connectivity index is 2.89. The maximum absolute atomic E-state index is 5.61. The van der Waals surface area contributed by atoms with Crippen LogP contribution >= 0.6 is 0 Å². The van der Waals surface area contributed by atoms with Gasteiger partial charge >= 0.3 is 0 Å². The molecular formula is C10H14N4. The maximum Gasteiger partial charge on any atom is 0.113 e. The van der Waals surface area contributed by atoms with Gasteiger partial charge in [0.1, 0.15) is 11.2 Å². The van der Waals surface area contributed by atoms with Crippen molar-refractivity contribution in [2.75, 3.05) is 0 Å². The Kier molecular flexibility index (Phi) is 2.00. The number of nitrogens with two attached hydrogens (primary N) is 1. The Morgan fingerprint density at radius 1 is 1.43 bits per heavy atom. The maximum atomic E-state index is 5.61. The van der Waals surface area contributed by atoms with Gasteiger partial charge in [0, 0.05) is 19.3 Å². The van der Waals surface area contributed by atoms with Gasteiger partial charge in [-0.25, -0.2) is 4.98 Å². The van der Waals surface area contributed by atoms with Gasteiger partial charge in [-0.3, -0.25) is 4.68 Å². The molecule has 2 rings (SSSR count). The lowest BCUT2D eigenvalue weighted by Gasteiger charge is -2.00. The Labute approximate surface area is 82.7 Å². The fourth-order valence-corrected chi connectivity index (χ4v) is 1.86. The minimum atomic E-state index is 0.438. The number of pyridine rings is 1. The highest BCUT2D eigenvalue weighted by Crippen LogP contribution is 2.19. The first-order valence-corrected chi connectivity index (χ1v) is 4.63. The summed E-state index contributed by atoms with van der Waals surface area (Å²) in [5.74, 6) is 0. The number of hydrogen-bond acceptors (Lipinski definition) is 3. The fourth-order valence-electron chi connectivity index (χ4n) is 1.86. The smallest absolute Gasteiger partial charge is 0.113 e. The lowest BCUT2D eigenvalue weighted by molar-refractivity contribution is 0.764. The first-order chi connectivity index (χ1) is 6.63. The second kappa shape index (κ2) is 3.06. The number of fused-ring (bicyclic) bond motifs is 1. The van der Waals surface area contributed by atoms with Crippen LogP contribution in [0.1, 0.15) is 17.0 Å². The lowest BCUT2D eigenvalue weighted by Crippen LogP contribution is -1.99. The van der Waals surface area contributed by atoms with Gasteiger partial charge < -0.3 is 5.73 Å². The molecule has 0 aliphatic carbocycles. The third-order valence-electron chi connectivity index (χ3n) is 2.37. The van der Waals surface area contributed by atoms with E-state index in [-0.39, 0.29) is 0 Å².